The van der Waals surface area contributed by atoms with Gasteiger partial charge in [-0.05, 0) is 31.5 Å². The van der Waals surface area contributed by atoms with Crippen LogP contribution in [0, 0.1) is 6.92 Å². The van der Waals surface area contributed by atoms with E-state index in [1.54, 1.807) is 14.1 Å². The number of carbonyl (C=O) groups excluding carboxylic acids is 1. The number of benzene rings is 1. The maximum absolute atomic E-state index is 11.8. The molecular weight excluding hydrogens is 304 g/mol. The molecule has 2 rings (SSSR count). The molecule has 0 spiro atoms. The molecule has 1 N–H and O–H groups in total. The molecule has 0 bridgehead atoms. The van der Waals surface area contributed by atoms with E-state index in [-0.39, 0.29) is 18.6 Å². The van der Waals surface area contributed by atoms with Gasteiger partial charge in [0, 0.05) is 25.7 Å². The van der Waals surface area contributed by atoms with Gasteiger partial charge in [-0.2, -0.15) is 0 Å². The van der Waals surface area contributed by atoms with Crippen molar-refractivity contribution in [3.63, 3.8) is 0 Å². The average molecular weight is 330 g/mol. The predicted molar refractivity (Wildman–Crippen MR) is 93.9 cm³/mol. The Kier molecular flexibility index (Phi) is 6.44. The van der Waals surface area contributed by atoms with Crippen LogP contribution in [0.4, 0.5) is 0 Å². The highest BCUT2D eigenvalue weighted by Crippen LogP contribution is 2.27. The molecular formula is C19H26N2O3. The van der Waals surface area contributed by atoms with Crippen molar-refractivity contribution in [2.75, 3.05) is 20.7 Å². The Labute approximate surface area is 143 Å². The highest BCUT2D eigenvalue weighted by Gasteiger charge is 2.16. The van der Waals surface area contributed by atoms with Crippen LogP contribution in [0.3, 0.4) is 0 Å². The van der Waals surface area contributed by atoms with Crippen molar-refractivity contribution < 1.29 is 13.9 Å². The molecule has 0 radical (unpaired) electrons. The van der Waals surface area contributed by atoms with Gasteiger partial charge in [-0.1, -0.05) is 25.1 Å². The number of amides is 1. The number of likely N-dealkylation sites (N-methyl/N-ethyl adjacent to an activating group) is 1. The number of rotatable bonds is 8. The topological polar surface area (TPSA) is 54.7 Å². The third-order valence-corrected chi connectivity index (χ3v) is 3.87. The summed E-state index contributed by atoms with van der Waals surface area (Å²) in [7, 11) is 3.44. The van der Waals surface area contributed by atoms with E-state index in [0.717, 1.165) is 29.3 Å². The van der Waals surface area contributed by atoms with E-state index >= 15 is 0 Å². The summed E-state index contributed by atoms with van der Waals surface area (Å²) in [6, 6.07) is 11.9. The number of aryl methyl sites for hydroxylation is 1. The van der Waals surface area contributed by atoms with Crippen molar-refractivity contribution in [3.05, 3.63) is 53.5 Å². The molecule has 1 unspecified atom stereocenters. The van der Waals surface area contributed by atoms with Gasteiger partial charge in [0.05, 0.1) is 6.54 Å². The van der Waals surface area contributed by atoms with Crippen LogP contribution in [0.5, 0.6) is 5.75 Å². The molecule has 0 aliphatic carbocycles. The SMILES string of the molecule is CCC(NCc1ccc(C)o1)c1ccccc1OCC(=O)N(C)C. The third-order valence-electron chi connectivity index (χ3n) is 3.87. The Morgan fingerprint density at radius 1 is 1.25 bits per heavy atom. The highest BCUT2D eigenvalue weighted by atomic mass is 16.5. The number of ether oxygens (including phenoxy) is 1. The van der Waals surface area contributed by atoms with Crippen LogP contribution < -0.4 is 10.1 Å². The van der Waals surface area contributed by atoms with Crippen LogP contribution >= 0.6 is 0 Å². The van der Waals surface area contributed by atoms with E-state index in [1.807, 2.05) is 43.3 Å². The molecule has 0 saturated carbocycles. The molecule has 1 atom stereocenters. The van der Waals surface area contributed by atoms with Gasteiger partial charge in [-0.15, -0.1) is 0 Å². The fraction of sp³-hybridized carbons (Fsp3) is 0.421. The zero-order valence-corrected chi connectivity index (χ0v) is 14.8. The zero-order chi connectivity index (χ0) is 17.5. The second-order valence-corrected chi connectivity index (χ2v) is 5.97. The zero-order valence-electron chi connectivity index (χ0n) is 14.8. The number of hydrogen-bond acceptors (Lipinski definition) is 4. The average Bonchev–Trinajstić information content (AvgIpc) is 2.99. The lowest BCUT2D eigenvalue weighted by Crippen LogP contribution is -2.28. The Balaban J connectivity index is 2.05. The molecule has 5 heteroatoms. The first-order valence-electron chi connectivity index (χ1n) is 8.21. The molecule has 1 aromatic carbocycles. The predicted octanol–water partition coefficient (Wildman–Crippen LogP) is 3.30. The smallest absolute Gasteiger partial charge is 0.259 e. The third kappa shape index (κ3) is 4.86. The minimum atomic E-state index is -0.0585. The first kappa shape index (κ1) is 18.1. The number of furan rings is 1. The van der Waals surface area contributed by atoms with Crippen molar-refractivity contribution in [2.24, 2.45) is 0 Å². The maximum atomic E-state index is 11.8. The van der Waals surface area contributed by atoms with Crippen LogP contribution in [-0.4, -0.2) is 31.5 Å². The Hall–Kier alpha value is -2.27. The fourth-order valence-electron chi connectivity index (χ4n) is 2.45. The van der Waals surface area contributed by atoms with E-state index in [1.165, 1.54) is 4.90 Å². The lowest BCUT2D eigenvalue weighted by atomic mass is 10.0. The van der Waals surface area contributed by atoms with Gasteiger partial charge >= 0.3 is 0 Å². The molecule has 130 valence electrons. The summed E-state index contributed by atoms with van der Waals surface area (Å²) in [6.45, 7) is 4.74. The summed E-state index contributed by atoms with van der Waals surface area (Å²) < 4.78 is 11.4. The van der Waals surface area contributed by atoms with Gasteiger partial charge in [0.25, 0.3) is 5.91 Å². The van der Waals surface area contributed by atoms with Gasteiger partial charge < -0.3 is 19.4 Å². The molecule has 2 aromatic rings. The van der Waals surface area contributed by atoms with Gasteiger partial charge in [-0.25, -0.2) is 0 Å². The van der Waals surface area contributed by atoms with Crippen molar-refractivity contribution >= 4 is 5.91 Å². The van der Waals surface area contributed by atoms with Crippen molar-refractivity contribution in [1.29, 1.82) is 0 Å². The van der Waals surface area contributed by atoms with Gasteiger partial charge in [0.15, 0.2) is 6.61 Å². The van der Waals surface area contributed by atoms with Gasteiger partial charge in [0.1, 0.15) is 17.3 Å². The van der Waals surface area contributed by atoms with Crippen molar-refractivity contribution in [3.8, 4) is 5.75 Å². The molecule has 1 aromatic heterocycles. The first-order chi connectivity index (χ1) is 11.5. The van der Waals surface area contributed by atoms with Crippen LogP contribution in [0.2, 0.25) is 0 Å². The Morgan fingerprint density at radius 2 is 2.00 bits per heavy atom. The second kappa shape index (κ2) is 8.55. The number of nitrogens with zero attached hydrogens (tertiary/aromatic N) is 1. The Bertz CT molecular complexity index is 664. The molecule has 0 fully saturated rings. The number of hydrogen-bond donors (Lipinski definition) is 1. The normalized spacial score (nSPS) is 12.0. The number of nitrogens with one attached hydrogen (secondary N) is 1. The standard InChI is InChI=1S/C19H26N2O3/c1-5-17(20-12-15-11-10-14(2)24-15)16-8-6-7-9-18(16)23-13-19(22)21(3)4/h6-11,17,20H,5,12-13H2,1-4H3. The summed E-state index contributed by atoms with van der Waals surface area (Å²) in [5, 5.41) is 3.50. The van der Waals surface area contributed by atoms with Gasteiger partial charge in [-0.3, -0.25) is 4.79 Å². The number of para-hydroxylation sites is 1. The van der Waals surface area contributed by atoms with E-state index in [9.17, 15) is 4.79 Å². The number of carbonyl (C=O) groups is 1. The molecule has 1 heterocycles. The lowest BCUT2D eigenvalue weighted by Gasteiger charge is -2.20. The van der Waals surface area contributed by atoms with Crippen LogP contribution in [0.25, 0.3) is 0 Å². The minimum Gasteiger partial charge on any atom is -0.483 e. The molecule has 5 nitrogen and oxygen atoms in total. The first-order valence-corrected chi connectivity index (χ1v) is 8.21. The molecule has 0 saturated heterocycles. The lowest BCUT2D eigenvalue weighted by molar-refractivity contribution is -0.130. The van der Waals surface area contributed by atoms with Crippen molar-refractivity contribution in [1.82, 2.24) is 10.2 Å². The summed E-state index contributed by atoms with van der Waals surface area (Å²) >= 11 is 0. The van der Waals surface area contributed by atoms with Crippen molar-refractivity contribution in [2.45, 2.75) is 32.9 Å². The monoisotopic (exact) mass is 330 g/mol. The van der Waals surface area contributed by atoms with E-state index in [4.69, 9.17) is 9.15 Å². The minimum absolute atomic E-state index is 0.0395. The van der Waals surface area contributed by atoms with Crippen LogP contribution in [0.1, 0.15) is 36.5 Å². The van der Waals surface area contributed by atoms with Gasteiger partial charge in [0.2, 0.25) is 0 Å². The van der Waals surface area contributed by atoms with E-state index in [2.05, 4.69) is 12.2 Å². The quantitative estimate of drug-likeness (QED) is 0.807. The molecule has 24 heavy (non-hydrogen) atoms. The second-order valence-electron chi connectivity index (χ2n) is 5.97. The summed E-state index contributed by atoms with van der Waals surface area (Å²) in [5.41, 5.74) is 1.05. The molecule has 1 amide bonds. The van der Waals surface area contributed by atoms with E-state index < -0.39 is 0 Å². The largest absolute Gasteiger partial charge is 0.483 e. The Morgan fingerprint density at radius 3 is 2.62 bits per heavy atom. The fourth-order valence-corrected chi connectivity index (χ4v) is 2.45. The highest BCUT2D eigenvalue weighted by molar-refractivity contribution is 5.77. The van der Waals surface area contributed by atoms with Crippen LogP contribution in [-0.2, 0) is 11.3 Å². The molecule has 0 aliphatic rings. The van der Waals surface area contributed by atoms with Crippen LogP contribution in [0.15, 0.2) is 40.8 Å². The molecule has 0 aliphatic heterocycles. The summed E-state index contributed by atoms with van der Waals surface area (Å²) in [4.78, 5) is 13.3. The maximum Gasteiger partial charge on any atom is 0.259 e. The summed E-state index contributed by atoms with van der Waals surface area (Å²) in [5.74, 6) is 2.50. The van der Waals surface area contributed by atoms with E-state index in [0.29, 0.717) is 6.54 Å². The summed E-state index contributed by atoms with van der Waals surface area (Å²) in [6.07, 6.45) is 0.904.